The van der Waals surface area contributed by atoms with E-state index < -0.39 is 29.4 Å². The predicted octanol–water partition coefficient (Wildman–Crippen LogP) is 1.48. The summed E-state index contributed by atoms with van der Waals surface area (Å²) in [5.74, 6) is -1.90. The highest BCUT2D eigenvalue weighted by molar-refractivity contribution is 7.80. The van der Waals surface area contributed by atoms with E-state index in [1.807, 2.05) is 0 Å². The molecule has 8 nitrogen and oxygen atoms in total. The van der Waals surface area contributed by atoms with Gasteiger partial charge in [0.15, 0.2) is 10.9 Å². The number of nitrogens with two attached hydrogens (primary N) is 1. The van der Waals surface area contributed by atoms with Gasteiger partial charge in [0.25, 0.3) is 5.89 Å². The molecule has 2 heterocycles. The molecule has 132 valence electrons. The lowest BCUT2D eigenvalue weighted by Gasteiger charge is -2.14. The summed E-state index contributed by atoms with van der Waals surface area (Å²) in [6.45, 7) is 1.81. The number of rotatable bonds is 4. The monoisotopic (exact) mass is 369 g/mol. The average Bonchev–Trinajstić information content (AvgIpc) is 3.10. The highest BCUT2D eigenvalue weighted by atomic mass is 32.1. The molecule has 0 spiro atoms. The van der Waals surface area contributed by atoms with Crippen LogP contribution in [0.25, 0.3) is 11.5 Å². The van der Waals surface area contributed by atoms with Gasteiger partial charge in [0.05, 0.1) is 18.8 Å². The largest absolute Gasteiger partial charge is 0.442 e. The minimum atomic E-state index is -0.934. The van der Waals surface area contributed by atoms with Gasteiger partial charge in [0, 0.05) is 0 Å². The Bertz CT molecular complexity index is 821. The Morgan fingerprint density at radius 1 is 1.48 bits per heavy atom. The van der Waals surface area contributed by atoms with E-state index in [4.69, 9.17) is 15.0 Å². The van der Waals surface area contributed by atoms with E-state index in [1.54, 1.807) is 0 Å². The zero-order valence-corrected chi connectivity index (χ0v) is 13.8. The third kappa shape index (κ3) is 3.50. The summed E-state index contributed by atoms with van der Waals surface area (Å²) >= 11 is 4.67. The number of aromatic nitrogens is 2. The Morgan fingerprint density at radius 3 is 2.72 bits per heavy atom. The van der Waals surface area contributed by atoms with Gasteiger partial charge in [0.2, 0.25) is 0 Å². The number of benzene rings is 1. The maximum atomic E-state index is 14.3. The lowest BCUT2D eigenvalue weighted by molar-refractivity contribution is 0.143. The maximum Gasteiger partial charge on any atom is 0.414 e. The number of ether oxygens (including phenoxy) is 1. The summed E-state index contributed by atoms with van der Waals surface area (Å²) in [4.78, 5) is 16.9. The van der Waals surface area contributed by atoms with Crippen molar-refractivity contribution in [2.45, 2.75) is 13.0 Å². The van der Waals surface area contributed by atoms with Crippen molar-refractivity contribution in [1.82, 2.24) is 15.5 Å². The highest BCUT2D eigenvalue weighted by Gasteiger charge is 2.33. The molecule has 1 aliphatic heterocycles. The molecule has 0 bridgehead atoms. The van der Waals surface area contributed by atoms with Crippen LogP contribution in [0.4, 0.5) is 19.3 Å². The Balaban J connectivity index is 1.84. The van der Waals surface area contributed by atoms with Crippen LogP contribution in [-0.4, -0.2) is 40.5 Å². The number of anilines is 1. The SMILES string of the molecule is Cc1noc(-c2c(F)cc(N3CC(CNC(N)=S)OC3=O)cc2F)n1. The van der Waals surface area contributed by atoms with Crippen LogP contribution < -0.4 is 16.0 Å². The van der Waals surface area contributed by atoms with Crippen molar-refractivity contribution in [2.75, 3.05) is 18.0 Å². The van der Waals surface area contributed by atoms with E-state index in [0.29, 0.717) is 0 Å². The third-order valence-electron chi connectivity index (χ3n) is 3.46. The van der Waals surface area contributed by atoms with Crippen molar-refractivity contribution < 1.29 is 22.8 Å². The number of hydrogen-bond donors (Lipinski definition) is 2. The average molecular weight is 369 g/mol. The normalized spacial score (nSPS) is 16.8. The van der Waals surface area contributed by atoms with Gasteiger partial charge < -0.3 is 20.3 Å². The van der Waals surface area contributed by atoms with Crippen LogP contribution in [0.15, 0.2) is 16.7 Å². The summed E-state index contributed by atoms with van der Waals surface area (Å²) in [6.07, 6.45) is -1.28. The molecule has 1 aromatic heterocycles. The third-order valence-corrected chi connectivity index (χ3v) is 3.60. The second-order valence-corrected chi connectivity index (χ2v) is 5.73. The van der Waals surface area contributed by atoms with Crippen LogP contribution in [0.1, 0.15) is 5.82 Å². The quantitative estimate of drug-likeness (QED) is 0.781. The number of thiocarbonyl (C=S) groups is 1. The predicted molar refractivity (Wildman–Crippen MR) is 86.8 cm³/mol. The standard InChI is InChI=1S/C14H13F2N5O3S/c1-6-19-12(24-20-6)11-9(15)2-7(3-10(11)16)21-5-8(23-14(21)22)4-18-13(17)25/h2-3,8H,4-5H2,1H3,(H3,17,18,25). The first kappa shape index (κ1) is 17.0. The van der Waals surface area contributed by atoms with Gasteiger partial charge in [-0.05, 0) is 31.3 Å². The maximum absolute atomic E-state index is 14.3. The first-order chi connectivity index (χ1) is 11.8. The zero-order chi connectivity index (χ0) is 18.1. The number of hydrogen-bond acceptors (Lipinski definition) is 6. The van der Waals surface area contributed by atoms with E-state index in [9.17, 15) is 13.6 Å². The van der Waals surface area contributed by atoms with Crippen LogP contribution in [0.2, 0.25) is 0 Å². The molecule has 1 saturated heterocycles. The molecule has 11 heteroatoms. The molecular formula is C14H13F2N5O3S. The van der Waals surface area contributed by atoms with Crippen molar-refractivity contribution in [2.24, 2.45) is 5.73 Å². The molecular weight excluding hydrogens is 356 g/mol. The molecule has 2 aromatic rings. The number of cyclic esters (lactones) is 1. The van der Waals surface area contributed by atoms with Crippen molar-refractivity contribution in [1.29, 1.82) is 0 Å². The van der Waals surface area contributed by atoms with Crippen LogP contribution in [0.5, 0.6) is 0 Å². The number of halogens is 2. The summed E-state index contributed by atoms with van der Waals surface area (Å²) in [5, 5.41) is 6.23. The van der Waals surface area contributed by atoms with Crippen LogP contribution in [0, 0.1) is 18.6 Å². The number of aryl methyl sites for hydroxylation is 1. The zero-order valence-electron chi connectivity index (χ0n) is 13.0. The van der Waals surface area contributed by atoms with Gasteiger partial charge in [-0.25, -0.2) is 13.6 Å². The van der Waals surface area contributed by atoms with Gasteiger partial charge in [-0.3, -0.25) is 4.90 Å². The molecule has 1 aliphatic rings. The molecule has 0 aliphatic carbocycles. The van der Waals surface area contributed by atoms with E-state index in [0.717, 1.165) is 17.0 Å². The second kappa shape index (κ2) is 6.59. The molecule has 3 rings (SSSR count). The summed E-state index contributed by atoms with van der Waals surface area (Å²) < 4.78 is 38.6. The summed E-state index contributed by atoms with van der Waals surface area (Å²) in [6, 6.07) is 2.01. The smallest absolute Gasteiger partial charge is 0.414 e. The second-order valence-electron chi connectivity index (χ2n) is 5.29. The van der Waals surface area contributed by atoms with E-state index in [-0.39, 0.29) is 35.6 Å². The Morgan fingerprint density at radius 2 is 2.16 bits per heavy atom. The molecule has 0 saturated carbocycles. The van der Waals surface area contributed by atoms with Crippen molar-refractivity contribution in [3.8, 4) is 11.5 Å². The fourth-order valence-electron chi connectivity index (χ4n) is 2.37. The molecule has 25 heavy (non-hydrogen) atoms. The van der Waals surface area contributed by atoms with Crippen LogP contribution in [-0.2, 0) is 4.74 Å². The molecule has 0 radical (unpaired) electrons. The summed E-state index contributed by atoms with van der Waals surface area (Å²) in [5.41, 5.74) is 4.87. The first-order valence-electron chi connectivity index (χ1n) is 7.16. The fourth-order valence-corrected chi connectivity index (χ4v) is 2.45. The van der Waals surface area contributed by atoms with Gasteiger partial charge in [-0.1, -0.05) is 5.16 Å². The van der Waals surface area contributed by atoms with E-state index >= 15 is 0 Å². The van der Waals surface area contributed by atoms with Crippen molar-refractivity contribution >= 4 is 29.1 Å². The molecule has 1 amide bonds. The van der Waals surface area contributed by atoms with E-state index in [1.165, 1.54) is 6.92 Å². The topological polar surface area (TPSA) is 107 Å². The number of nitrogens with one attached hydrogen (secondary N) is 1. The number of carbonyl (C=O) groups excluding carboxylic acids is 1. The molecule has 1 fully saturated rings. The van der Waals surface area contributed by atoms with Crippen molar-refractivity contribution in [3.05, 3.63) is 29.6 Å². The van der Waals surface area contributed by atoms with Crippen LogP contribution >= 0.6 is 12.2 Å². The molecule has 3 N–H and O–H groups in total. The highest BCUT2D eigenvalue weighted by Crippen LogP contribution is 2.31. The minimum Gasteiger partial charge on any atom is -0.442 e. The Hall–Kier alpha value is -2.82. The minimum absolute atomic E-state index is 0.0119. The fraction of sp³-hybridized carbons (Fsp3) is 0.286. The Kier molecular flexibility index (Phi) is 4.49. The number of nitrogens with zero attached hydrogens (tertiary/aromatic N) is 3. The number of carbonyl (C=O) groups is 1. The lowest BCUT2D eigenvalue weighted by Crippen LogP contribution is -2.37. The van der Waals surface area contributed by atoms with Gasteiger partial charge >= 0.3 is 6.09 Å². The molecule has 1 atom stereocenters. The van der Waals surface area contributed by atoms with Crippen LogP contribution in [0.3, 0.4) is 0 Å². The van der Waals surface area contributed by atoms with Gasteiger partial charge in [0.1, 0.15) is 23.3 Å². The van der Waals surface area contributed by atoms with Crippen molar-refractivity contribution in [3.63, 3.8) is 0 Å². The van der Waals surface area contributed by atoms with Gasteiger partial charge in [-0.2, -0.15) is 4.98 Å². The number of amides is 1. The lowest BCUT2D eigenvalue weighted by atomic mass is 10.1. The molecule has 1 aromatic carbocycles. The molecule has 1 unspecified atom stereocenters. The summed E-state index contributed by atoms with van der Waals surface area (Å²) in [7, 11) is 0. The first-order valence-corrected chi connectivity index (χ1v) is 7.57. The Labute approximate surface area is 145 Å². The van der Waals surface area contributed by atoms with E-state index in [2.05, 4.69) is 27.7 Å². The van der Waals surface area contributed by atoms with Gasteiger partial charge in [-0.15, -0.1) is 0 Å².